The van der Waals surface area contributed by atoms with Crippen LogP contribution in [0.4, 0.5) is 0 Å². The molecule has 2 atom stereocenters. The molecule has 0 aromatic heterocycles. The van der Waals surface area contributed by atoms with Gasteiger partial charge in [0, 0.05) is 6.04 Å². The third-order valence-electron chi connectivity index (χ3n) is 4.62. The monoisotopic (exact) mass is 252 g/mol. The second kappa shape index (κ2) is 6.05. The summed E-state index contributed by atoms with van der Waals surface area (Å²) in [4.78, 5) is 14.5. The highest BCUT2D eigenvalue weighted by Crippen LogP contribution is 2.30. The number of hydrogen-bond donors (Lipinski definition) is 1. The first kappa shape index (κ1) is 13.9. The number of hydrogen-bond acceptors (Lipinski definition) is 2. The molecule has 0 aromatic carbocycles. The molecular formula is C15H28N2O. The summed E-state index contributed by atoms with van der Waals surface area (Å²) in [7, 11) is 0. The molecule has 1 saturated heterocycles. The normalized spacial score (nSPS) is 28.1. The zero-order chi connectivity index (χ0) is 13.1. The smallest absolute Gasteiger partial charge is 0.241 e. The van der Waals surface area contributed by atoms with Crippen molar-refractivity contribution >= 4 is 5.91 Å². The molecule has 1 saturated carbocycles. The van der Waals surface area contributed by atoms with Crippen LogP contribution < -0.4 is 5.32 Å². The molecule has 2 rings (SSSR count). The van der Waals surface area contributed by atoms with Crippen molar-refractivity contribution in [3.63, 3.8) is 0 Å². The van der Waals surface area contributed by atoms with Crippen LogP contribution in [0, 0.1) is 11.8 Å². The molecule has 0 aromatic rings. The highest BCUT2D eigenvalue weighted by atomic mass is 16.2. The van der Waals surface area contributed by atoms with Crippen LogP contribution in [0.5, 0.6) is 0 Å². The molecule has 1 aliphatic heterocycles. The van der Waals surface area contributed by atoms with Crippen LogP contribution in [0.15, 0.2) is 0 Å². The van der Waals surface area contributed by atoms with Gasteiger partial charge in [-0.3, -0.25) is 10.1 Å². The van der Waals surface area contributed by atoms with Crippen molar-refractivity contribution in [3.05, 3.63) is 0 Å². The fourth-order valence-electron chi connectivity index (χ4n) is 3.45. The molecule has 1 N–H and O–H groups in total. The molecule has 0 bridgehead atoms. The first-order valence-corrected chi connectivity index (χ1v) is 7.63. The van der Waals surface area contributed by atoms with Crippen molar-refractivity contribution in [3.8, 4) is 0 Å². The second-order valence-electron chi connectivity index (χ2n) is 6.49. The lowest BCUT2D eigenvalue weighted by Gasteiger charge is -2.34. The molecule has 104 valence electrons. The molecule has 1 amide bonds. The van der Waals surface area contributed by atoms with E-state index < -0.39 is 0 Å². The molecule has 2 fully saturated rings. The van der Waals surface area contributed by atoms with Gasteiger partial charge in [0.15, 0.2) is 0 Å². The van der Waals surface area contributed by atoms with Crippen LogP contribution in [0.3, 0.4) is 0 Å². The largest absolute Gasteiger partial charge is 0.326 e. The van der Waals surface area contributed by atoms with Gasteiger partial charge < -0.3 is 4.90 Å². The van der Waals surface area contributed by atoms with E-state index in [9.17, 15) is 4.79 Å². The van der Waals surface area contributed by atoms with Gasteiger partial charge in [0.1, 0.15) is 0 Å². The molecule has 2 unspecified atom stereocenters. The molecule has 2 aliphatic rings. The Kier molecular flexibility index (Phi) is 4.66. The van der Waals surface area contributed by atoms with Crippen molar-refractivity contribution in [2.75, 3.05) is 6.67 Å². The molecular weight excluding hydrogens is 224 g/mol. The molecule has 0 spiro atoms. The Hall–Kier alpha value is -0.570. The number of carbonyl (C=O) groups excluding carboxylic acids is 1. The standard InChI is InChI=1S/C15H28N2O/c1-11(2)9-14-15(18)17(10-16-14)12(3)13-7-5-4-6-8-13/h11-14,16H,4-10H2,1-3H3. The maximum absolute atomic E-state index is 12.4. The Labute approximate surface area is 111 Å². The summed E-state index contributed by atoms with van der Waals surface area (Å²) in [6.07, 6.45) is 7.65. The quantitative estimate of drug-likeness (QED) is 0.834. The van der Waals surface area contributed by atoms with E-state index in [-0.39, 0.29) is 6.04 Å². The molecule has 1 heterocycles. The number of nitrogens with zero attached hydrogens (tertiary/aromatic N) is 1. The maximum Gasteiger partial charge on any atom is 0.241 e. The van der Waals surface area contributed by atoms with Gasteiger partial charge in [-0.25, -0.2) is 0 Å². The van der Waals surface area contributed by atoms with Crippen molar-refractivity contribution in [2.45, 2.75) is 71.4 Å². The van der Waals surface area contributed by atoms with Crippen LogP contribution in [-0.4, -0.2) is 29.6 Å². The molecule has 18 heavy (non-hydrogen) atoms. The third-order valence-corrected chi connectivity index (χ3v) is 4.62. The summed E-state index contributed by atoms with van der Waals surface area (Å²) >= 11 is 0. The van der Waals surface area contributed by atoms with Crippen molar-refractivity contribution in [1.29, 1.82) is 0 Å². The van der Waals surface area contributed by atoms with Gasteiger partial charge in [-0.2, -0.15) is 0 Å². The zero-order valence-corrected chi connectivity index (χ0v) is 12.1. The Morgan fingerprint density at radius 3 is 2.50 bits per heavy atom. The van der Waals surface area contributed by atoms with E-state index in [0.29, 0.717) is 17.9 Å². The Balaban J connectivity index is 1.91. The lowest BCUT2D eigenvalue weighted by molar-refractivity contribution is -0.132. The van der Waals surface area contributed by atoms with E-state index in [1.165, 1.54) is 32.1 Å². The van der Waals surface area contributed by atoms with E-state index in [2.05, 4.69) is 31.0 Å². The average molecular weight is 252 g/mol. The summed E-state index contributed by atoms with van der Waals surface area (Å²) in [5.41, 5.74) is 0. The predicted octanol–water partition coefficient (Wildman–Crippen LogP) is 2.76. The van der Waals surface area contributed by atoms with Gasteiger partial charge in [0.2, 0.25) is 5.91 Å². The number of carbonyl (C=O) groups is 1. The third kappa shape index (κ3) is 3.05. The van der Waals surface area contributed by atoms with Crippen LogP contribution in [-0.2, 0) is 4.79 Å². The minimum absolute atomic E-state index is 0.0658. The van der Waals surface area contributed by atoms with E-state index in [4.69, 9.17) is 0 Å². The van der Waals surface area contributed by atoms with E-state index in [1.807, 2.05) is 0 Å². The molecule has 3 heteroatoms. The number of rotatable bonds is 4. The Morgan fingerprint density at radius 1 is 1.22 bits per heavy atom. The van der Waals surface area contributed by atoms with Gasteiger partial charge in [-0.05, 0) is 38.0 Å². The first-order chi connectivity index (χ1) is 8.59. The van der Waals surface area contributed by atoms with Gasteiger partial charge in [0.05, 0.1) is 12.7 Å². The second-order valence-corrected chi connectivity index (χ2v) is 6.49. The van der Waals surface area contributed by atoms with E-state index in [1.54, 1.807) is 0 Å². The maximum atomic E-state index is 12.4. The predicted molar refractivity (Wildman–Crippen MR) is 74.1 cm³/mol. The van der Waals surface area contributed by atoms with Gasteiger partial charge >= 0.3 is 0 Å². The highest BCUT2D eigenvalue weighted by molar-refractivity contribution is 5.84. The summed E-state index contributed by atoms with van der Waals surface area (Å²) < 4.78 is 0. The number of amides is 1. The molecule has 3 nitrogen and oxygen atoms in total. The summed E-state index contributed by atoms with van der Waals surface area (Å²) in [6, 6.07) is 0.485. The van der Waals surface area contributed by atoms with Gasteiger partial charge in [-0.1, -0.05) is 33.1 Å². The lowest BCUT2D eigenvalue weighted by atomic mass is 9.84. The Morgan fingerprint density at radius 2 is 1.89 bits per heavy atom. The molecule has 0 radical (unpaired) electrons. The summed E-state index contributed by atoms with van der Waals surface area (Å²) in [5, 5.41) is 3.38. The minimum atomic E-state index is 0.0658. The van der Waals surface area contributed by atoms with E-state index >= 15 is 0 Å². The van der Waals surface area contributed by atoms with Crippen LogP contribution >= 0.6 is 0 Å². The summed E-state index contributed by atoms with van der Waals surface area (Å²) in [5.74, 6) is 1.64. The van der Waals surface area contributed by atoms with E-state index in [0.717, 1.165) is 19.0 Å². The average Bonchev–Trinajstić information content (AvgIpc) is 2.71. The van der Waals surface area contributed by atoms with Crippen molar-refractivity contribution in [1.82, 2.24) is 10.2 Å². The highest BCUT2D eigenvalue weighted by Gasteiger charge is 2.36. The van der Waals surface area contributed by atoms with Crippen LogP contribution in [0.2, 0.25) is 0 Å². The first-order valence-electron chi connectivity index (χ1n) is 7.63. The summed E-state index contributed by atoms with van der Waals surface area (Å²) in [6.45, 7) is 7.37. The van der Waals surface area contributed by atoms with Crippen molar-refractivity contribution in [2.24, 2.45) is 11.8 Å². The number of nitrogens with one attached hydrogen (secondary N) is 1. The topological polar surface area (TPSA) is 32.3 Å². The van der Waals surface area contributed by atoms with Crippen LogP contribution in [0.1, 0.15) is 59.3 Å². The minimum Gasteiger partial charge on any atom is -0.326 e. The van der Waals surface area contributed by atoms with Crippen molar-refractivity contribution < 1.29 is 4.79 Å². The lowest BCUT2D eigenvalue weighted by Crippen LogP contribution is -2.42. The SMILES string of the molecule is CC(C)CC1NCN(C(C)C2CCCCC2)C1=O. The van der Waals surface area contributed by atoms with Crippen LogP contribution in [0.25, 0.3) is 0 Å². The fraction of sp³-hybridized carbons (Fsp3) is 0.933. The fourth-order valence-corrected chi connectivity index (χ4v) is 3.45. The van der Waals surface area contributed by atoms with Gasteiger partial charge in [-0.15, -0.1) is 0 Å². The van der Waals surface area contributed by atoms with Gasteiger partial charge in [0.25, 0.3) is 0 Å². The Bertz CT molecular complexity index is 284. The zero-order valence-electron chi connectivity index (χ0n) is 12.1. The molecule has 1 aliphatic carbocycles.